The maximum absolute atomic E-state index is 13.4. The molecule has 3 aromatic rings. The van der Waals surface area contributed by atoms with Crippen molar-refractivity contribution in [3.05, 3.63) is 59.9 Å². The maximum atomic E-state index is 13.4. The Hall–Kier alpha value is -3.00. The van der Waals surface area contributed by atoms with E-state index in [1.807, 2.05) is 19.1 Å². The van der Waals surface area contributed by atoms with Crippen molar-refractivity contribution in [2.75, 3.05) is 30.1 Å². The van der Waals surface area contributed by atoms with E-state index in [-0.39, 0.29) is 5.69 Å². The van der Waals surface area contributed by atoms with Gasteiger partial charge >= 0.3 is 0 Å². The van der Waals surface area contributed by atoms with Gasteiger partial charge in [-0.2, -0.15) is 4.98 Å². The fourth-order valence-electron chi connectivity index (χ4n) is 3.06. The zero-order valence-electron chi connectivity index (χ0n) is 14.8. The van der Waals surface area contributed by atoms with Gasteiger partial charge in [0.05, 0.1) is 12.3 Å². The van der Waals surface area contributed by atoms with Gasteiger partial charge in [0.25, 0.3) is 0 Å². The Labute approximate surface area is 155 Å². The number of hydrogen-bond acceptors (Lipinski definition) is 5. The molecule has 1 aliphatic rings. The summed E-state index contributed by atoms with van der Waals surface area (Å²) in [7, 11) is 0. The van der Waals surface area contributed by atoms with Crippen molar-refractivity contribution in [3.8, 4) is 5.69 Å². The van der Waals surface area contributed by atoms with E-state index < -0.39 is 11.6 Å². The third-order valence-electron chi connectivity index (χ3n) is 4.25. The first kappa shape index (κ1) is 17.4. The van der Waals surface area contributed by atoms with Crippen molar-refractivity contribution in [1.82, 2.24) is 14.8 Å². The number of aromatic nitrogens is 3. The molecule has 0 atom stereocenters. The van der Waals surface area contributed by atoms with Crippen LogP contribution in [0.15, 0.2) is 42.7 Å². The second-order valence-corrected chi connectivity index (χ2v) is 6.48. The average Bonchev–Trinajstić information content (AvgIpc) is 3.10. The number of hydrogen-bond donors (Lipinski definition) is 1. The molecule has 0 saturated carbocycles. The summed E-state index contributed by atoms with van der Waals surface area (Å²) in [5.74, 6) is -0.990. The van der Waals surface area contributed by atoms with Crippen LogP contribution in [0.2, 0.25) is 0 Å². The Balaban J connectivity index is 1.56. The molecule has 27 heavy (non-hydrogen) atoms. The quantitative estimate of drug-likeness (QED) is 0.756. The van der Waals surface area contributed by atoms with E-state index in [0.29, 0.717) is 12.7 Å². The molecular formula is C19H19F2N5O. The molecule has 8 heteroatoms. The van der Waals surface area contributed by atoms with Crippen LogP contribution in [0.1, 0.15) is 12.0 Å². The minimum atomic E-state index is -0.665. The van der Waals surface area contributed by atoms with Crippen LogP contribution in [0.3, 0.4) is 0 Å². The van der Waals surface area contributed by atoms with Crippen LogP contribution in [0.25, 0.3) is 5.69 Å². The second kappa shape index (κ2) is 7.32. The van der Waals surface area contributed by atoms with Crippen LogP contribution in [0, 0.1) is 18.6 Å². The summed E-state index contributed by atoms with van der Waals surface area (Å²) < 4.78 is 33.6. The first-order valence-electron chi connectivity index (χ1n) is 8.66. The third-order valence-corrected chi connectivity index (χ3v) is 4.25. The molecule has 2 aromatic carbocycles. The molecule has 1 fully saturated rings. The predicted octanol–water partition coefficient (Wildman–Crippen LogP) is 3.78. The van der Waals surface area contributed by atoms with E-state index in [1.54, 1.807) is 0 Å². The van der Waals surface area contributed by atoms with Gasteiger partial charge in [0.15, 0.2) is 0 Å². The molecule has 1 N–H and O–H groups in total. The van der Waals surface area contributed by atoms with Gasteiger partial charge in [-0.1, -0.05) is 0 Å². The molecule has 1 saturated heterocycles. The van der Waals surface area contributed by atoms with Gasteiger partial charge in [0, 0.05) is 24.0 Å². The highest BCUT2D eigenvalue weighted by atomic mass is 19.1. The van der Waals surface area contributed by atoms with Gasteiger partial charge in [0.2, 0.25) is 5.95 Å². The van der Waals surface area contributed by atoms with Crippen molar-refractivity contribution in [3.63, 3.8) is 0 Å². The van der Waals surface area contributed by atoms with Crippen molar-refractivity contribution < 1.29 is 13.5 Å². The Bertz CT molecular complexity index is 933. The molecule has 140 valence electrons. The van der Waals surface area contributed by atoms with Gasteiger partial charge in [-0.05, 0) is 49.2 Å². The zero-order chi connectivity index (χ0) is 18.8. The van der Waals surface area contributed by atoms with Gasteiger partial charge in [0.1, 0.15) is 24.7 Å². The van der Waals surface area contributed by atoms with E-state index in [9.17, 15) is 8.78 Å². The lowest BCUT2D eigenvalue weighted by molar-refractivity contribution is 0.107. The minimum absolute atomic E-state index is 0.267. The van der Waals surface area contributed by atoms with Crippen LogP contribution in [-0.4, -0.2) is 34.6 Å². The van der Waals surface area contributed by atoms with E-state index in [0.717, 1.165) is 42.6 Å². The molecular weight excluding hydrogens is 352 g/mol. The lowest BCUT2D eigenvalue weighted by Crippen LogP contribution is -2.33. The van der Waals surface area contributed by atoms with Crippen LogP contribution in [0.5, 0.6) is 0 Å². The Morgan fingerprint density at radius 2 is 1.85 bits per heavy atom. The van der Waals surface area contributed by atoms with E-state index >= 15 is 0 Å². The maximum Gasteiger partial charge on any atom is 0.246 e. The number of aryl methyl sites for hydroxylation is 1. The fraction of sp³-hybridized carbons (Fsp3) is 0.263. The zero-order valence-corrected chi connectivity index (χ0v) is 14.8. The molecule has 0 radical (unpaired) electrons. The molecule has 0 aliphatic carbocycles. The molecule has 0 spiro atoms. The fourth-order valence-corrected chi connectivity index (χ4v) is 3.06. The number of nitrogens with zero attached hydrogens (tertiary/aromatic N) is 4. The number of anilines is 3. The van der Waals surface area contributed by atoms with Gasteiger partial charge in [-0.15, -0.1) is 5.10 Å². The summed E-state index contributed by atoms with van der Waals surface area (Å²) in [4.78, 5) is 6.35. The summed E-state index contributed by atoms with van der Waals surface area (Å²) >= 11 is 0. The number of rotatable bonds is 4. The van der Waals surface area contributed by atoms with Gasteiger partial charge < -0.3 is 15.0 Å². The van der Waals surface area contributed by atoms with Crippen molar-refractivity contribution in [2.24, 2.45) is 0 Å². The summed E-state index contributed by atoms with van der Waals surface area (Å²) in [5.41, 5.74) is 3.25. The highest BCUT2D eigenvalue weighted by Crippen LogP contribution is 2.25. The number of nitrogens with one attached hydrogen (secondary N) is 1. The lowest BCUT2D eigenvalue weighted by Gasteiger charge is -2.29. The standard InChI is InChI=1S/C19H19F2N5O/c1-13-5-16(10-17(6-13)25-3-2-4-27-12-25)23-19-22-11-26(24-19)18-8-14(20)7-15(21)9-18/h5-11H,2-4,12H2,1H3,(H,23,24). The normalized spacial score (nSPS) is 14.4. The van der Waals surface area contributed by atoms with E-state index in [1.165, 1.54) is 23.1 Å². The summed E-state index contributed by atoms with van der Waals surface area (Å²) in [6.07, 6.45) is 2.40. The van der Waals surface area contributed by atoms with Crippen molar-refractivity contribution in [1.29, 1.82) is 0 Å². The highest BCUT2D eigenvalue weighted by Gasteiger charge is 2.13. The first-order chi connectivity index (χ1) is 13.1. The first-order valence-corrected chi connectivity index (χ1v) is 8.66. The van der Waals surface area contributed by atoms with Crippen LogP contribution < -0.4 is 10.2 Å². The van der Waals surface area contributed by atoms with Crippen molar-refractivity contribution in [2.45, 2.75) is 13.3 Å². The Kier molecular flexibility index (Phi) is 4.72. The largest absolute Gasteiger partial charge is 0.361 e. The molecule has 2 heterocycles. The number of ether oxygens (including phenoxy) is 1. The van der Waals surface area contributed by atoms with Gasteiger partial charge in [-0.25, -0.2) is 13.5 Å². The molecule has 0 unspecified atom stereocenters. The van der Waals surface area contributed by atoms with Crippen molar-refractivity contribution >= 4 is 17.3 Å². The number of benzene rings is 2. The number of halogens is 2. The molecule has 1 aliphatic heterocycles. The summed E-state index contributed by atoms with van der Waals surface area (Å²) in [6.45, 7) is 4.32. The lowest BCUT2D eigenvalue weighted by atomic mass is 10.1. The predicted molar refractivity (Wildman–Crippen MR) is 98.5 cm³/mol. The average molecular weight is 371 g/mol. The molecule has 1 aromatic heterocycles. The molecule has 0 bridgehead atoms. The smallest absolute Gasteiger partial charge is 0.246 e. The summed E-state index contributed by atoms with van der Waals surface area (Å²) in [5, 5.41) is 7.40. The SMILES string of the molecule is Cc1cc(Nc2ncn(-c3cc(F)cc(F)c3)n2)cc(N2CCCOC2)c1. The molecule has 6 nitrogen and oxygen atoms in total. The van der Waals surface area contributed by atoms with Crippen LogP contribution in [0.4, 0.5) is 26.1 Å². The topological polar surface area (TPSA) is 55.2 Å². The summed E-state index contributed by atoms with van der Waals surface area (Å²) in [6, 6.07) is 9.30. The van der Waals surface area contributed by atoms with Gasteiger partial charge in [-0.3, -0.25) is 0 Å². The Morgan fingerprint density at radius 1 is 1.04 bits per heavy atom. The van der Waals surface area contributed by atoms with Crippen LogP contribution >= 0.6 is 0 Å². The minimum Gasteiger partial charge on any atom is -0.361 e. The van der Waals surface area contributed by atoms with E-state index in [4.69, 9.17) is 4.74 Å². The van der Waals surface area contributed by atoms with E-state index in [2.05, 4.69) is 26.4 Å². The monoisotopic (exact) mass is 371 g/mol. The second-order valence-electron chi connectivity index (χ2n) is 6.48. The third kappa shape index (κ3) is 4.06. The highest BCUT2D eigenvalue weighted by molar-refractivity contribution is 5.64. The molecule has 4 rings (SSSR count). The van der Waals surface area contributed by atoms with Crippen LogP contribution in [-0.2, 0) is 4.74 Å². The Morgan fingerprint density at radius 3 is 2.59 bits per heavy atom. The molecule has 0 amide bonds.